The lowest BCUT2D eigenvalue weighted by molar-refractivity contribution is -0.143. The summed E-state index contributed by atoms with van der Waals surface area (Å²) < 4.78 is 0. The average molecular weight is 341 g/mol. The van der Waals surface area contributed by atoms with Crippen LogP contribution in [0.5, 0.6) is 0 Å². The number of imidazole rings is 1. The van der Waals surface area contributed by atoms with E-state index in [1.165, 1.54) is 0 Å². The van der Waals surface area contributed by atoms with Crippen LogP contribution in [0.1, 0.15) is 63.3 Å². The van der Waals surface area contributed by atoms with E-state index in [4.69, 9.17) is 0 Å². The molecule has 1 saturated heterocycles. The van der Waals surface area contributed by atoms with Crippen molar-refractivity contribution in [2.45, 2.75) is 59.9 Å². The highest BCUT2D eigenvalue weighted by Gasteiger charge is 2.35. The van der Waals surface area contributed by atoms with E-state index in [1.807, 2.05) is 45.6 Å². The second kappa shape index (κ2) is 6.58. The molecule has 1 atom stereocenters. The number of likely N-dealkylation sites (tertiary alicyclic amines) is 1. The molecule has 0 spiro atoms. The standard InChI is InChI=1S/C19H27N5O/c1-12-11-20-17(21-12)15-10-14(22-13(2)23-15)16-8-6-7-9-24(16)18(25)19(3,4)5/h10-11,16H,6-9H2,1-5H3,(H,20,21)/t16-/m1/s1. The Balaban J connectivity index is 1.98. The molecule has 0 unspecified atom stereocenters. The first-order chi connectivity index (χ1) is 11.8. The maximum Gasteiger partial charge on any atom is 0.228 e. The van der Waals surface area contributed by atoms with Crippen LogP contribution in [-0.2, 0) is 4.79 Å². The molecule has 1 fully saturated rings. The Kier molecular flexibility index (Phi) is 4.62. The molecule has 1 aliphatic rings. The van der Waals surface area contributed by atoms with Crippen LogP contribution >= 0.6 is 0 Å². The van der Waals surface area contributed by atoms with E-state index in [9.17, 15) is 4.79 Å². The number of rotatable bonds is 2. The van der Waals surface area contributed by atoms with E-state index in [0.717, 1.165) is 48.7 Å². The summed E-state index contributed by atoms with van der Waals surface area (Å²) in [7, 11) is 0. The molecule has 0 bridgehead atoms. The lowest BCUT2D eigenvalue weighted by atomic mass is 9.90. The quantitative estimate of drug-likeness (QED) is 0.906. The number of nitrogens with one attached hydrogen (secondary N) is 1. The fourth-order valence-corrected chi connectivity index (χ4v) is 3.34. The van der Waals surface area contributed by atoms with Crippen LogP contribution in [0.4, 0.5) is 0 Å². The number of carbonyl (C=O) groups excluding carboxylic acids is 1. The number of piperidine rings is 1. The molecule has 2 aromatic rings. The summed E-state index contributed by atoms with van der Waals surface area (Å²) in [6, 6.07) is 1.99. The number of carbonyl (C=O) groups is 1. The topological polar surface area (TPSA) is 74.8 Å². The molecule has 25 heavy (non-hydrogen) atoms. The fraction of sp³-hybridized carbons (Fsp3) is 0.579. The molecule has 2 aromatic heterocycles. The lowest BCUT2D eigenvalue weighted by Crippen LogP contribution is -2.44. The van der Waals surface area contributed by atoms with Crippen molar-refractivity contribution in [2.75, 3.05) is 6.54 Å². The van der Waals surface area contributed by atoms with E-state index in [-0.39, 0.29) is 11.9 Å². The van der Waals surface area contributed by atoms with Crippen LogP contribution in [0.25, 0.3) is 11.5 Å². The summed E-state index contributed by atoms with van der Waals surface area (Å²) >= 11 is 0. The van der Waals surface area contributed by atoms with E-state index in [1.54, 1.807) is 6.20 Å². The predicted molar refractivity (Wildman–Crippen MR) is 96.8 cm³/mol. The van der Waals surface area contributed by atoms with Crippen molar-refractivity contribution in [1.29, 1.82) is 0 Å². The number of H-pyrrole nitrogens is 1. The first-order valence-electron chi connectivity index (χ1n) is 8.94. The molecule has 134 valence electrons. The summed E-state index contributed by atoms with van der Waals surface area (Å²) in [5.41, 5.74) is 2.30. The van der Waals surface area contributed by atoms with Crippen molar-refractivity contribution in [3.05, 3.63) is 29.5 Å². The van der Waals surface area contributed by atoms with Gasteiger partial charge in [-0.05, 0) is 39.2 Å². The zero-order chi connectivity index (χ0) is 18.2. The highest BCUT2D eigenvalue weighted by atomic mass is 16.2. The van der Waals surface area contributed by atoms with Crippen LogP contribution < -0.4 is 0 Å². The second-order valence-electron chi connectivity index (χ2n) is 7.90. The molecule has 1 N–H and O–H groups in total. The van der Waals surface area contributed by atoms with Crippen LogP contribution in [0.2, 0.25) is 0 Å². The van der Waals surface area contributed by atoms with E-state index in [0.29, 0.717) is 5.82 Å². The molecule has 6 heteroatoms. The number of amides is 1. The number of aromatic nitrogens is 4. The van der Waals surface area contributed by atoms with Gasteiger partial charge >= 0.3 is 0 Å². The predicted octanol–water partition coefficient (Wildman–Crippen LogP) is 3.58. The molecule has 6 nitrogen and oxygen atoms in total. The SMILES string of the molecule is Cc1nc(-c2ncc(C)[nH]2)cc([C@H]2CCCCN2C(=O)C(C)(C)C)n1. The van der Waals surface area contributed by atoms with Crippen LogP contribution in [0.15, 0.2) is 12.3 Å². The third-order valence-corrected chi connectivity index (χ3v) is 4.55. The van der Waals surface area contributed by atoms with Gasteiger partial charge in [0, 0.05) is 23.9 Å². The first-order valence-corrected chi connectivity index (χ1v) is 8.94. The highest BCUT2D eigenvalue weighted by molar-refractivity contribution is 5.82. The Hall–Kier alpha value is -2.24. The Bertz CT molecular complexity index is 774. The molecule has 3 rings (SSSR count). The van der Waals surface area contributed by atoms with Gasteiger partial charge in [0.05, 0.1) is 11.7 Å². The van der Waals surface area contributed by atoms with Crippen LogP contribution in [-0.4, -0.2) is 37.3 Å². The van der Waals surface area contributed by atoms with Crippen LogP contribution in [0, 0.1) is 19.3 Å². The van der Waals surface area contributed by atoms with E-state index >= 15 is 0 Å². The molecule has 1 aliphatic heterocycles. The molecule has 1 amide bonds. The normalized spacial score (nSPS) is 18.4. The maximum absolute atomic E-state index is 12.9. The number of hydrogen-bond donors (Lipinski definition) is 1. The summed E-state index contributed by atoms with van der Waals surface area (Å²) in [6.07, 6.45) is 4.89. The van der Waals surface area contributed by atoms with Gasteiger partial charge in [-0.15, -0.1) is 0 Å². The maximum atomic E-state index is 12.9. The van der Waals surface area contributed by atoms with E-state index in [2.05, 4.69) is 19.9 Å². The Morgan fingerprint density at radius 1 is 1.24 bits per heavy atom. The van der Waals surface area contributed by atoms with Crippen molar-refractivity contribution in [3.63, 3.8) is 0 Å². The summed E-state index contributed by atoms with van der Waals surface area (Å²) in [4.78, 5) is 31.7. The summed E-state index contributed by atoms with van der Waals surface area (Å²) in [5, 5.41) is 0. The van der Waals surface area contributed by atoms with Crippen molar-refractivity contribution >= 4 is 5.91 Å². The first kappa shape index (κ1) is 17.6. The zero-order valence-electron chi connectivity index (χ0n) is 15.8. The Morgan fingerprint density at radius 2 is 2.00 bits per heavy atom. The minimum absolute atomic E-state index is 0.0111. The lowest BCUT2D eigenvalue weighted by Gasteiger charge is -2.39. The Labute approximate surface area is 149 Å². The molecule has 0 aromatic carbocycles. The molecule has 0 saturated carbocycles. The largest absolute Gasteiger partial charge is 0.341 e. The van der Waals surface area contributed by atoms with Crippen molar-refractivity contribution in [2.24, 2.45) is 5.41 Å². The van der Waals surface area contributed by atoms with Crippen molar-refractivity contribution in [3.8, 4) is 11.5 Å². The summed E-state index contributed by atoms with van der Waals surface area (Å²) in [5.74, 6) is 1.63. The second-order valence-corrected chi connectivity index (χ2v) is 7.90. The molecule has 0 radical (unpaired) electrons. The van der Waals surface area contributed by atoms with Gasteiger partial charge < -0.3 is 9.88 Å². The summed E-state index contributed by atoms with van der Waals surface area (Å²) in [6.45, 7) is 10.6. The van der Waals surface area contributed by atoms with Gasteiger partial charge in [0.25, 0.3) is 0 Å². The third kappa shape index (κ3) is 3.72. The molecular formula is C19H27N5O. The Morgan fingerprint density at radius 3 is 2.64 bits per heavy atom. The smallest absolute Gasteiger partial charge is 0.228 e. The fourth-order valence-electron chi connectivity index (χ4n) is 3.34. The highest BCUT2D eigenvalue weighted by Crippen LogP contribution is 2.34. The van der Waals surface area contributed by atoms with Crippen molar-refractivity contribution < 1.29 is 4.79 Å². The minimum Gasteiger partial charge on any atom is -0.341 e. The monoisotopic (exact) mass is 341 g/mol. The number of aryl methyl sites for hydroxylation is 2. The van der Waals surface area contributed by atoms with Gasteiger partial charge in [-0.1, -0.05) is 20.8 Å². The zero-order valence-corrected chi connectivity index (χ0v) is 15.8. The van der Waals surface area contributed by atoms with Crippen LogP contribution in [0.3, 0.4) is 0 Å². The van der Waals surface area contributed by atoms with Gasteiger partial charge in [-0.3, -0.25) is 4.79 Å². The van der Waals surface area contributed by atoms with Gasteiger partial charge in [-0.25, -0.2) is 15.0 Å². The van der Waals surface area contributed by atoms with Gasteiger partial charge in [0.1, 0.15) is 11.5 Å². The average Bonchev–Trinajstić information content (AvgIpc) is 2.99. The molecule has 3 heterocycles. The molecule has 0 aliphatic carbocycles. The minimum atomic E-state index is -0.390. The number of nitrogens with zero attached hydrogens (tertiary/aromatic N) is 4. The number of hydrogen-bond acceptors (Lipinski definition) is 4. The third-order valence-electron chi connectivity index (χ3n) is 4.55. The van der Waals surface area contributed by atoms with Gasteiger partial charge in [0.2, 0.25) is 5.91 Å². The molecular weight excluding hydrogens is 314 g/mol. The number of aromatic amines is 1. The van der Waals surface area contributed by atoms with Gasteiger partial charge in [-0.2, -0.15) is 0 Å². The van der Waals surface area contributed by atoms with Gasteiger partial charge in [0.15, 0.2) is 5.82 Å². The van der Waals surface area contributed by atoms with E-state index < -0.39 is 5.41 Å². The van der Waals surface area contributed by atoms with Crippen molar-refractivity contribution in [1.82, 2.24) is 24.8 Å².